The molecular formula is C12H15ClO2S. The Morgan fingerprint density at radius 3 is 2.31 bits per heavy atom. The first-order valence-corrected chi connectivity index (χ1v) is 7.93. The Morgan fingerprint density at radius 2 is 1.69 bits per heavy atom. The molecule has 0 spiro atoms. The molecule has 0 unspecified atom stereocenters. The monoisotopic (exact) mass is 258 g/mol. The van der Waals surface area contributed by atoms with E-state index in [0.717, 1.165) is 18.4 Å². The van der Waals surface area contributed by atoms with Gasteiger partial charge in [0.25, 0.3) is 9.05 Å². The van der Waals surface area contributed by atoms with Crippen LogP contribution in [-0.2, 0) is 9.05 Å². The molecule has 0 radical (unpaired) electrons. The summed E-state index contributed by atoms with van der Waals surface area (Å²) >= 11 is 0. The first-order valence-electron chi connectivity index (χ1n) is 5.62. The second-order valence-corrected chi connectivity index (χ2v) is 6.84. The summed E-state index contributed by atoms with van der Waals surface area (Å²) in [4.78, 5) is 0.295. The van der Waals surface area contributed by atoms with Crippen molar-refractivity contribution in [1.82, 2.24) is 0 Å². The molecule has 1 aliphatic carbocycles. The molecule has 4 heteroatoms. The lowest BCUT2D eigenvalue weighted by Gasteiger charge is -2.23. The van der Waals surface area contributed by atoms with Crippen molar-refractivity contribution >= 4 is 19.7 Å². The summed E-state index contributed by atoms with van der Waals surface area (Å²) in [6, 6.07) is 7.11. The van der Waals surface area contributed by atoms with E-state index in [-0.39, 0.29) is 0 Å². The standard InChI is InChI=1S/C12H15ClO2S/c13-16(14,15)12-9-5-4-8-11(12)10-6-2-1-3-7-10/h4-5,8-10H,1-3,6-7H2. The van der Waals surface area contributed by atoms with Crippen molar-refractivity contribution in [2.24, 2.45) is 0 Å². The smallest absolute Gasteiger partial charge is 0.207 e. The highest BCUT2D eigenvalue weighted by molar-refractivity contribution is 8.13. The molecule has 2 nitrogen and oxygen atoms in total. The number of halogens is 1. The average molecular weight is 259 g/mol. The summed E-state index contributed by atoms with van der Waals surface area (Å²) in [7, 11) is 1.84. The number of hydrogen-bond acceptors (Lipinski definition) is 2. The van der Waals surface area contributed by atoms with Crippen molar-refractivity contribution in [2.75, 3.05) is 0 Å². The molecule has 0 N–H and O–H groups in total. The molecule has 0 saturated heterocycles. The second kappa shape index (κ2) is 4.76. The summed E-state index contributed by atoms with van der Waals surface area (Å²) in [5, 5.41) is 0. The van der Waals surface area contributed by atoms with Crippen LogP contribution in [0.2, 0.25) is 0 Å². The van der Waals surface area contributed by atoms with Crippen LogP contribution in [0.3, 0.4) is 0 Å². The van der Waals surface area contributed by atoms with Crippen molar-refractivity contribution in [3.63, 3.8) is 0 Å². The Hall–Kier alpha value is -0.540. The third-order valence-electron chi connectivity index (χ3n) is 3.23. The van der Waals surface area contributed by atoms with Crippen LogP contribution < -0.4 is 0 Å². The van der Waals surface area contributed by atoms with E-state index in [1.807, 2.05) is 12.1 Å². The van der Waals surface area contributed by atoms with Gasteiger partial charge in [0.1, 0.15) is 0 Å². The quantitative estimate of drug-likeness (QED) is 0.759. The molecule has 1 fully saturated rings. The van der Waals surface area contributed by atoms with E-state index < -0.39 is 9.05 Å². The van der Waals surface area contributed by atoms with Crippen molar-refractivity contribution in [3.05, 3.63) is 29.8 Å². The number of benzene rings is 1. The first kappa shape index (κ1) is 11.9. The Kier molecular flexibility index (Phi) is 3.55. The van der Waals surface area contributed by atoms with E-state index in [0.29, 0.717) is 10.8 Å². The third-order valence-corrected chi connectivity index (χ3v) is 4.62. The fraction of sp³-hybridized carbons (Fsp3) is 0.500. The molecule has 16 heavy (non-hydrogen) atoms. The van der Waals surface area contributed by atoms with Crippen LogP contribution in [0.4, 0.5) is 0 Å². The molecule has 0 amide bonds. The lowest BCUT2D eigenvalue weighted by Crippen LogP contribution is -2.08. The minimum Gasteiger partial charge on any atom is -0.207 e. The molecule has 88 valence electrons. The topological polar surface area (TPSA) is 34.1 Å². The summed E-state index contributed by atoms with van der Waals surface area (Å²) in [6.45, 7) is 0. The predicted molar refractivity (Wildman–Crippen MR) is 65.3 cm³/mol. The largest absolute Gasteiger partial charge is 0.261 e. The molecule has 1 aliphatic rings. The lowest BCUT2D eigenvalue weighted by atomic mass is 9.84. The molecule has 2 rings (SSSR count). The van der Waals surface area contributed by atoms with Gasteiger partial charge in [0, 0.05) is 10.7 Å². The molecular weight excluding hydrogens is 244 g/mol. The van der Waals surface area contributed by atoms with Crippen LogP contribution in [0.1, 0.15) is 43.6 Å². The first-order chi connectivity index (χ1) is 7.59. The van der Waals surface area contributed by atoms with Gasteiger partial charge in [-0.1, -0.05) is 37.5 Å². The van der Waals surface area contributed by atoms with E-state index in [1.54, 1.807) is 12.1 Å². The van der Waals surface area contributed by atoms with Crippen molar-refractivity contribution in [1.29, 1.82) is 0 Å². The van der Waals surface area contributed by atoms with Crippen LogP contribution in [0, 0.1) is 0 Å². The summed E-state index contributed by atoms with van der Waals surface area (Å²) in [6.07, 6.45) is 5.77. The zero-order valence-corrected chi connectivity index (χ0v) is 10.6. The van der Waals surface area contributed by atoms with Gasteiger partial charge in [-0.15, -0.1) is 0 Å². The minimum atomic E-state index is -3.61. The van der Waals surface area contributed by atoms with E-state index in [1.165, 1.54) is 19.3 Å². The van der Waals surface area contributed by atoms with Gasteiger partial charge < -0.3 is 0 Å². The maximum absolute atomic E-state index is 11.5. The second-order valence-electron chi connectivity index (χ2n) is 4.31. The molecule has 0 aromatic heterocycles. The fourth-order valence-electron chi connectivity index (χ4n) is 2.45. The van der Waals surface area contributed by atoms with Gasteiger partial charge in [0.15, 0.2) is 0 Å². The lowest BCUT2D eigenvalue weighted by molar-refractivity contribution is 0.439. The zero-order valence-electron chi connectivity index (χ0n) is 9.02. The van der Waals surface area contributed by atoms with Crippen LogP contribution in [0.25, 0.3) is 0 Å². The van der Waals surface area contributed by atoms with E-state index in [9.17, 15) is 8.42 Å². The molecule has 0 heterocycles. The highest BCUT2D eigenvalue weighted by Crippen LogP contribution is 2.36. The molecule has 0 aliphatic heterocycles. The van der Waals surface area contributed by atoms with Crippen molar-refractivity contribution in [2.45, 2.75) is 42.9 Å². The van der Waals surface area contributed by atoms with Crippen molar-refractivity contribution in [3.8, 4) is 0 Å². The Bertz CT molecular complexity index is 462. The van der Waals surface area contributed by atoms with Gasteiger partial charge in [0.2, 0.25) is 0 Å². The normalized spacial score (nSPS) is 18.6. The Balaban J connectivity index is 2.40. The summed E-state index contributed by atoms with van der Waals surface area (Å²) in [5.41, 5.74) is 0.900. The number of rotatable bonds is 2. The molecule has 1 aromatic rings. The van der Waals surface area contributed by atoms with Gasteiger partial charge in [-0.3, -0.25) is 0 Å². The Morgan fingerprint density at radius 1 is 1.06 bits per heavy atom. The predicted octanol–water partition coefficient (Wildman–Crippen LogP) is 3.66. The van der Waals surface area contributed by atoms with E-state index in [2.05, 4.69) is 0 Å². The van der Waals surface area contributed by atoms with Gasteiger partial charge in [-0.2, -0.15) is 0 Å². The summed E-state index contributed by atoms with van der Waals surface area (Å²) < 4.78 is 22.9. The Labute approximate surface area is 101 Å². The fourth-order valence-corrected chi connectivity index (χ4v) is 3.63. The zero-order chi connectivity index (χ0) is 11.6. The molecule has 1 saturated carbocycles. The molecule has 0 atom stereocenters. The average Bonchev–Trinajstić information content (AvgIpc) is 2.29. The highest BCUT2D eigenvalue weighted by atomic mass is 35.7. The van der Waals surface area contributed by atoms with Crippen LogP contribution in [0.5, 0.6) is 0 Å². The third kappa shape index (κ3) is 2.58. The van der Waals surface area contributed by atoms with Gasteiger partial charge >= 0.3 is 0 Å². The van der Waals surface area contributed by atoms with E-state index >= 15 is 0 Å². The minimum absolute atomic E-state index is 0.295. The maximum Gasteiger partial charge on any atom is 0.261 e. The van der Waals surface area contributed by atoms with Crippen LogP contribution in [0.15, 0.2) is 29.2 Å². The molecule has 0 bridgehead atoms. The van der Waals surface area contributed by atoms with Gasteiger partial charge in [0.05, 0.1) is 4.90 Å². The van der Waals surface area contributed by atoms with Gasteiger partial charge in [-0.05, 0) is 30.4 Å². The number of hydrogen-bond donors (Lipinski definition) is 0. The van der Waals surface area contributed by atoms with Crippen LogP contribution >= 0.6 is 10.7 Å². The van der Waals surface area contributed by atoms with Crippen LogP contribution in [-0.4, -0.2) is 8.42 Å². The van der Waals surface area contributed by atoms with Gasteiger partial charge in [-0.25, -0.2) is 8.42 Å². The maximum atomic E-state index is 11.5. The highest BCUT2D eigenvalue weighted by Gasteiger charge is 2.22. The molecule has 1 aromatic carbocycles. The summed E-state index contributed by atoms with van der Waals surface area (Å²) in [5.74, 6) is 0.360. The SMILES string of the molecule is O=S(=O)(Cl)c1ccccc1C1CCCCC1. The van der Waals surface area contributed by atoms with E-state index in [4.69, 9.17) is 10.7 Å². The van der Waals surface area contributed by atoms with Crippen molar-refractivity contribution < 1.29 is 8.42 Å².